The van der Waals surface area contributed by atoms with Gasteiger partial charge in [0.25, 0.3) is 0 Å². The molecule has 0 aliphatic rings. The van der Waals surface area contributed by atoms with Crippen molar-refractivity contribution in [2.24, 2.45) is 0 Å². The molecule has 3 nitrogen and oxygen atoms in total. The van der Waals surface area contributed by atoms with E-state index in [2.05, 4.69) is 0 Å². The highest BCUT2D eigenvalue weighted by molar-refractivity contribution is 7.87. The van der Waals surface area contributed by atoms with Gasteiger partial charge < -0.3 is 4.55 Å². The van der Waals surface area contributed by atoms with Crippen molar-refractivity contribution >= 4 is 10.1 Å². The molecule has 0 aromatic rings. The Hall–Kier alpha value is -1.28. The first-order valence-electron chi connectivity index (χ1n) is 5.67. The molecule has 0 aliphatic heterocycles. The van der Waals surface area contributed by atoms with Crippen LogP contribution in [0.15, 0.2) is 0 Å². The van der Waals surface area contributed by atoms with E-state index in [1.807, 2.05) is 0 Å². The second-order valence-electron chi connectivity index (χ2n) is 4.92. The average Bonchev–Trinajstić information content (AvgIpc) is 2.41. The van der Waals surface area contributed by atoms with E-state index in [-0.39, 0.29) is 0 Å². The summed E-state index contributed by atoms with van der Waals surface area (Å²) in [4.78, 5) is 0. The maximum atomic E-state index is 13.3. The number of alkyl halides is 17. The van der Waals surface area contributed by atoms with Crippen molar-refractivity contribution in [2.45, 2.75) is 47.0 Å². The maximum Gasteiger partial charge on any atom is 0.460 e. The molecule has 0 aromatic carbocycles. The molecule has 1 atom stereocenters. The second kappa shape index (κ2) is 6.36. The molecule has 0 saturated carbocycles. The van der Waals surface area contributed by atoms with Gasteiger partial charge in [0.2, 0.25) is 0 Å². The van der Waals surface area contributed by atoms with Gasteiger partial charge in [-0.25, -0.2) is 12.8 Å². The Morgan fingerprint density at radius 1 is 0.414 bits per heavy atom. The summed E-state index contributed by atoms with van der Waals surface area (Å²) >= 11 is 0. The smallest absolute Gasteiger partial charge is 0.460 e. The third-order valence-electron chi connectivity index (χ3n) is 3.05. The van der Waals surface area contributed by atoms with Crippen molar-refractivity contribution in [3.05, 3.63) is 0 Å². The van der Waals surface area contributed by atoms with Crippen LogP contribution in [0.1, 0.15) is 0 Å². The van der Waals surface area contributed by atoms with Gasteiger partial charge in [-0.05, 0) is 0 Å². The van der Waals surface area contributed by atoms with Crippen LogP contribution in [0.4, 0.5) is 74.6 Å². The lowest BCUT2D eigenvalue weighted by Gasteiger charge is -2.44. The van der Waals surface area contributed by atoms with Crippen LogP contribution >= 0.6 is 0 Å². The summed E-state index contributed by atoms with van der Waals surface area (Å²) < 4.78 is 245. The molecule has 0 aromatic heterocycles. The zero-order valence-electron chi connectivity index (χ0n) is 12.1. The van der Waals surface area contributed by atoms with Crippen LogP contribution < -0.4 is 0 Å². The SMILES string of the molecule is O=S(=O)([O-])C(F)(C(F)(F)F)C(F)(F)C(F)(F)C(F)(F)C(F)(F)C(F)(F)C(F)(F)F. The van der Waals surface area contributed by atoms with Crippen molar-refractivity contribution in [1.82, 2.24) is 0 Å². The normalized spacial score (nSPS) is 18.6. The Labute approximate surface area is 146 Å². The minimum absolute atomic E-state index is 7.91. The lowest BCUT2D eigenvalue weighted by atomic mass is 9.91. The standard InChI is InChI=1S/C8HF17O3S/c9-1(10,3(13,14)5(17,18)7(20,21)22)2(11,12)4(15,16)6(19,8(23,24)25)29(26,27)28/h(H,26,27,28)/p-1. The third-order valence-corrected chi connectivity index (χ3v) is 4.22. The molecule has 0 fully saturated rings. The Kier molecular flexibility index (Phi) is 6.08. The summed E-state index contributed by atoms with van der Waals surface area (Å²) in [6.45, 7) is 0. The Morgan fingerprint density at radius 2 is 0.655 bits per heavy atom. The predicted molar refractivity (Wildman–Crippen MR) is 50.4 cm³/mol. The van der Waals surface area contributed by atoms with E-state index in [4.69, 9.17) is 0 Å². The van der Waals surface area contributed by atoms with Crippen LogP contribution in [-0.2, 0) is 10.1 Å². The van der Waals surface area contributed by atoms with Crippen molar-refractivity contribution in [3.63, 3.8) is 0 Å². The number of hydrogen-bond acceptors (Lipinski definition) is 3. The molecule has 0 amide bonds. The minimum atomic E-state index is -8.97. The van der Waals surface area contributed by atoms with Gasteiger partial charge in [0.1, 0.15) is 10.1 Å². The summed E-state index contributed by atoms with van der Waals surface area (Å²) in [6, 6.07) is 0. The number of hydrogen-bond donors (Lipinski definition) is 0. The minimum Gasteiger partial charge on any atom is -0.745 e. The summed E-state index contributed by atoms with van der Waals surface area (Å²) in [5, 5.41) is -8.37. The van der Waals surface area contributed by atoms with Gasteiger partial charge >= 0.3 is 47.0 Å². The van der Waals surface area contributed by atoms with E-state index in [0.29, 0.717) is 0 Å². The van der Waals surface area contributed by atoms with Gasteiger partial charge in [-0.15, -0.1) is 0 Å². The van der Waals surface area contributed by atoms with Crippen LogP contribution in [-0.4, -0.2) is 59.9 Å². The highest BCUT2D eigenvalue weighted by atomic mass is 32.2. The van der Waals surface area contributed by atoms with Crippen molar-refractivity contribution in [2.75, 3.05) is 0 Å². The molecule has 176 valence electrons. The summed E-state index contributed by atoms with van der Waals surface area (Å²) in [7, 11) is -8.59. The fraction of sp³-hybridized carbons (Fsp3) is 1.00. The zero-order chi connectivity index (χ0) is 24.5. The monoisotopic (exact) mass is 499 g/mol. The van der Waals surface area contributed by atoms with E-state index in [1.54, 1.807) is 0 Å². The molecule has 0 aliphatic carbocycles. The molecule has 0 radical (unpaired) electrons. The highest BCUT2D eigenvalue weighted by Crippen LogP contribution is 2.64. The van der Waals surface area contributed by atoms with E-state index in [1.165, 1.54) is 0 Å². The Balaban J connectivity index is 7.12. The molecule has 1 unspecified atom stereocenters. The van der Waals surface area contributed by atoms with Crippen LogP contribution in [0.2, 0.25) is 0 Å². The molecule has 21 heteroatoms. The summed E-state index contributed by atoms with van der Waals surface area (Å²) in [6.07, 6.45) is -16.0. The van der Waals surface area contributed by atoms with Gasteiger partial charge in [0, 0.05) is 0 Å². The fourth-order valence-electron chi connectivity index (χ4n) is 1.45. The molecule has 0 heterocycles. The van der Waals surface area contributed by atoms with Crippen molar-refractivity contribution in [1.29, 1.82) is 0 Å². The summed E-state index contributed by atoms with van der Waals surface area (Å²) in [5.41, 5.74) is 0. The molecule has 29 heavy (non-hydrogen) atoms. The molecular weight excluding hydrogens is 499 g/mol. The highest BCUT2D eigenvalue weighted by Gasteiger charge is 2.96. The topological polar surface area (TPSA) is 57.2 Å². The Bertz CT molecular complexity index is 731. The van der Waals surface area contributed by atoms with E-state index >= 15 is 0 Å². The maximum absolute atomic E-state index is 13.3. The first-order valence-corrected chi connectivity index (χ1v) is 7.08. The largest absolute Gasteiger partial charge is 0.745 e. The van der Waals surface area contributed by atoms with E-state index in [9.17, 15) is 87.6 Å². The molecule has 0 saturated heterocycles. The summed E-state index contributed by atoms with van der Waals surface area (Å²) in [5.74, 6) is -43.8. The van der Waals surface area contributed by atoms with Crippen LogP contribution in [0.25, 0.3) is 0 Å². The van der Waals surface area contributed by atoms with Gasteiger partial charge in [-0.3, -0.25) is 0 Å². The zero-order valence-corrected chi connectivity index (χ0v) is 12.9. The van der Waals surface area contributed by atoms with Crippen LogP contribution in [0, 0.1) is 0 Å². The van der Waals surface area contributed by atoms with Gasteiger partial charge in [0.05, 0.1) is 0 Å². The fourth-order valence-corrected chi connectivity index (χ4v) is 2.17. The molecule has 0 N–H and O–H groups in total. The first-order chi connectivity index (χ1) is 12.0. The molecule has 0 bridgehead atoms. The molecule has 0 spiro atoms. The van der Waals surface area contributed by atoms with Crippen molar-refractivity contribution in [3.8, 4) is 0 Å². The number of halogens is 17. The predicted octanol–water partition coefficient (Wildman–Crippen LogP) is 4.50. The molecular formula is C8F17O3S-. The van der Waals surface area contributed by atoms with Gasteiger partial charge in [-0.1, -0.05) is 0 Å². The van der Waals surface area contributed by atoms with Crippen LogP contribution in [0.5, 0.6) is 0 Å². The van der Waals surface area contributed by atoms with Crippen molar-refractivity contribution < 1.29 is 87.6 Å². The van der Waals surface area contributed by atoms with E-state index in [0.717, 1.165) is 0 Å². The second-order valence-corrected chi connectivity index (χ2v) is 6.39. The quantitative estimate of drug-likeness (QED) is 0.400. The lowest BCUT2D eigenvalue weighted by molar-refractivity contribution is -0.450. The van der Waals surface area contributed by atoms with Crippen LogP contribution in [0.3, 0.4) is 0 Å². The van der Waals surface area contributed by atoms with Gasteiger partial charge in [0.15, 0.2) is 0 Å². The Morgan fingerprint density at radius 3 is 0.862 bits per heavy atom. The average molecular weight is 499 g/mol. The number of rotatable bonds is 6. The lowest BCUT2D eigenvalue weighted by Crippen LogP contribution is -2.76. The van der Waals surface area contributed by atoms with E-state index < -0.39 is 57.1 Å². The molecule has 0 rings (SSSR count). The third kappa shape index (κ3) is 3.26. The first kappa shape index (κ1) is 27.7. The van der Waals surface area contributed by atoms with Gasteiger partial charge in [-0.2, -0.15) is 70.2 Å².